The molecule has 0 aromatic heterocycles. The maximum Gasteiger partial charge on any atom is 0.00952 e. The first-order valence-corrected chi connectivity index (χ1v) is 6.47. The van der Waals surface area contributed by atoms with Crippen LogP contribution in [0.4, 0.5) is 0 Å². The van der Waals surface area contributed by atoms with E-state index in [0.29, 0.717) is 6.04 Å². The molecule has 0 heterocycles. The van der Waals surface area contributed by atoms with Crippen LogP contribution in [-0.2, 0) is 0 Å². The van der Waals surface area contributed by atoms with Gasteiger partial charge in [0.2, 0.25) is 0 Å². The molecule has 0 spiro atoms. The van der Waals surface area contributed by atoms with Crippen molar-refractivity contribution in [1.29, 1.82) is 0 Å². The molecule has 1 nitrogen and oxygen atoms in total. The summed E-state index contributed by atoms with van der Waals surface area (Å²) < 4.78 is 0. The molecule has 90 valence electrons. The van der Waals surface area contributed by atoms with Crippen LogP contribution in [0.5, 0.6) is 0 Å². The van der Waals surface area contributed by atoms with Crippen molar-refractivity contribution in [3.63, 3.8) is 0 Å². The third-order valence-corrected chi connectivity index (χ3v) is 3.27. The Kier molecular flexibility index (Phi) is 8.79. The molecule has 0 saturated heterocycles. The Balaban J connectivity index is 3.98. The molecule has 0 aliphatic heterocycles. The van der Waals surface area contributed by atoms with Crippen molar-refractivity contribution < 1.29 is 0 Å². The summed E-state index contributed by atoms with van der Waals surface area (Å²) in [5.41, 5.74) is 0. The summed E-state index contributed by atoms with van der Waals surface area (Å²) in [6.07, 6.45) is 6.95. The fourth-order valence-electron chi connectivity index (χ4n) is 1.83. The minimum atomic E-state index is 0.685. The molecule has 2 unspecified atom stereocenters. The minimum absolute atomic E-state index is 0.685. The number of hydrogen-bond donors (Lipinski definition) is 1. The molecular weight excluding hydrogens is 182 g/mol. The van der Waals surface area contributed by atoms with Crippen LogP contribution in [0.25, 0.3) is 0 Å². The summed E-state index contributed by atoms with van der Waals surface area (Å²) in [6.45, 7) is 14.2. The summed E-state index contributed by atoms with van der Waals surface area (Å²) in [4.78, 5) is 0. The van der Waals surface area contributed by atoms with E-state index in [0.717, 1.165) is 24.8 Å². The topological polar surface area (TPSA) is 12.0 Å². The molecule has 15 heavy (non-hydrogen) atoms. The largest absolute Gasteiger partial charge is 0.314 e. The van der Waals surface area contributed by atoms with Gasteiger partial charge in [0, 0.05) is 6.04 Å². The van der Waals surface area contributed by atoms with Crippen molar-refractivity contribution in [1.82, 2.24) is 5.32 Å². The average molecular weight is 211 g/mol. The van der Waals surface area contributed by atoms with Crippen LogP contribution in [0, 0.1) is 11.8 Å². The van der Waals surface area contributed by atoms with Crippen LogP contribution >= 0.6 is 0 Å². The quantitative estimate of drug-likeness (QED) is 0.449. The first-order valence-electron chi connectivity index (χ1n) is 6.47. The van der Waals surface area contributed by atoms with Crippen molar-refractivity contribution in [3.05, 3.63) is 12.7 Å². The molecule has 0 bridgehead atoms. The summed E-state index contributed by atoms with van der Waals surface area (Å²) >= 11 is 0. The standard InChI is InChI=1S/C14H29N/c1-6-8-9-10-14(15-11-7-2)13(5)12(3)4/h6,12-15H,1,7-11H2,2-5H3. The van der Waals surface area contributed by atoms with Crippen molar-refractivity contribution in [2.45, 2.75) is 59.4 Å². The lowest BCUT2D eigenvalue weighted by Gasteiger charge is -2.28. The van der Waals surface area contributed by atoms with Crippen molar-refractivity contribution >= 4 is 0 Å². The normalized spacial score (nSPS) is 15.3. The van der Waals surface area contributed by atoms with Gasteiger partial charge < -0.3 is 5.32 Å². The zero-order valence-corrected chi connectivity index (χ0v) is 11.1. The molecule has 0 rings (SSSR count). The summed E-state index contributed by atoms with van der Waals surface area (Å²) in [5, 5.41) is 3.68. The van der Waals surface area contributed by atoms with E-state index in [1.54, 1.807) is 0 Å². The zero-order chi connectivity index (χ0) is 11.7. The lowest BCUT2D eigenvalue weighted by molar-refractivity contribution is 0.282. The van der Waals surface area contributed by atoms with Crippen LogP contribution in [0.1, 0.15) is 53.4 Å². The number of nitrogens with one attached hydrogen (secondary N) is 1. The molecule has 0 radical (unpaired) electrons. The molecule has 0 aromatic rings. The van der Waals surface area contributed by atoms with Gasteiger partial charge in [-0.3, -0.25) is 0 Å². The average Bonchev–Trinajstić information content (AvgIpc) is 2.22. The molecule has 0 fully saturated rings. The van der Waals surface area contributed by atoms with Gasteiger partial charge in [-0.15, -0.1) is 6.58 Å². The van der Waals surface area contributed by atoms with Gasteiger partial charge in [-0.05, 0) is 44.1 Å². The van der Waals surface area contributed by atoms with Gasteiger partial charge in [-0.2, -0.15) is 0 Å². The molecule has 0 aromatic carbocycles. The third kappa shape index (κ3) is 6.72. The Labute approximate surface area is 96.3 Å². The van der Waals surface area contributed by atoms with Crippen LogP contribution in [0.2, 0.25) is 0 Å². The van der Waals surface area contributed by atoms with Gasteiger partial charge in [-0.1, -0.05) is 33.8 Å². The molecule has 0 saturated carbocycles. The van der Waals surface area contributed by atoms with Crippen molar-refractivity contribution in [2.24, 2.45) is 11.8 Å². The van der Waals surface area contributed by atoms with Crippen LogP contribution in [-0.4, -0.2) is 12.6 Å². The van der Waals surface area contributed by atoms with Gasteiger partial charge in [0.25, 0.3) is 0 Å². The zero-order valence-electron chi connectivity index (χ0n) is 11.1. The van der Waals surface area contributed by atoms with E-state index in [1.807, 2.05) is 6.08 Å². The summed E-state index contributed by atoms with van der Waals surface area (Å²) in [5.74, 6) is 1.53. The Morgan fingerprint density at radius 2 is 1.93 bits per heavy atom. The van der Waals surface area contributed by atoms with Gasteiger partial charge in [-0.25, -0.2) is 0 Å². The Morgan fingerprint density at radius 3 is 2.40 bits per heavy atom. The summed E-state index contributed by atoms with van der Waals surface area (Å²) in [7, 11) is 0. The highest BCUT2D eigenvalue weighted by Gasteiger charge is 2.18. The molecule has 1 N–H and O–H groups in total. The molecule has 2 atom stereocenters. The van der Waals surface area contributed by atoms with Crippen LogP contribution in [0.3, 0.4) is 0 Å². The SMILES string of the molecule is C=CCCCC(NCCC)C(C)C(C)C. The first-order chi connectivity index (χ1) is 7.13. The molecule has 0 aliphatic rings. The van der Waals surface area contributed by atoms with E-state index >= 15 is 0 Å². The molecule has 0 amide bonds. The molecular formula is C14H29N. The fraction of sp³-hybridized carbons (Fsp3) is 0.857. The van der Waals surface area contributed by atoms with Gasteiger partial charge in [0.1, 0.15) is 0 Å². The van der Waals surface area contributed by atoms with E-state index in [2.05, 4.69) is 39.6 Å². The Hall–Kier alpha value is -0.300. The van der Waals surface area contributed by atoms with Gasteiger partial charge in [0.15, 0.2) is 0 Å². The molecule has 1 heteroatoms. The Morgan fingerprint density at radius 1 is 1.27 bits per heavy atom. The monoisotopic (exact) mass is 211 g/mol. The predicted octanol–water partition coefficient (Wildman–Crippen LogP) is 4.00. The smallest absolute Gasteiger partial charge is 0.00952 e. The highest BCUT2D eigenvalue weighted by atomic mass is 14.9. The number of rotatable bonds is 9. The predicted molar refractivity (Wildman–Crippen MR) is 70.1 cm³/mol. The second-order valence-electron chi connectivity index (χ2n) is 4.88. The van der Waals surface area contributed by atoms with Crippen LogP contribution in [0.15, 0.2) is 12.7 Å². The Bertz CT molecular complexity index is 151. The second-order valence-corrected chi connectivity index (χ2v) is 4.88. The van der Waals surface area contributed by atoms with E-state index < -0.39 is 0 Å². The van der Waals surface area contributed by atoms with E-state index in [1.165, 1.54) is 19.3 Å². The van der Waals surface area contributed by atoms with E-state index in [4.69, 9.17) is 0 Å². The number of allylic oxidation sites excluding steroid dienone is 1. The minimum Gasteiger partial charge on any atom is -0.314 e. The molecule has 0 aliphatic carbocycles. The fourth-order valence-corrected chi connectivity index (χ4v) is 1.83. The van der Waals surface area contributed by atoms with Gasteiger partial charge in [0.05, 0.1) is 0 Å². The number of hydrogen-bond acceptors (Lipinski definition) is 1. The van der Waals surface area contributed by atoms with Gasteiger partial charge >= 0.3 is 0 Å². The first kappa shape index (κ1) is 14.7. The number of unbranched alkanes of at least 4 members (excludes halogenated alkanes) is 1. The second kappa shape index (κ2) is 8.96. The lowest BCUT2D eigenvalue weighted by atomic mass is 9.87. The van der Waals surface area contributed by atoms with Crippen molar-refractivity contribution in [3.8, 4) is 0 Å². The van der Waals surface area contributed by atoms with E-state index in [-0.39, 0.29) is 0 Å². The lowest BCUT2D eigenvalue weighted by Crippen LogP contribution is -2.37. The highest BCUT2D eigenvalue weighted by Crippen LogP contribution is 2.19. The summed E-state index contributed by atoms with van der Waals surface area (Å²) in [6, 6.07) is 0.685. The van der Waals surface area contributed by atoms with Crippen LogP contribution < -0.4 is 5.32 Å². The maximum atomic E-state index is 3.78. The maximum absolute atomic E-state index is 3.78. The van der Waals surface area contributed by atoms with E-state index in [9.17, 15) is 0 Å². The third-order valence-electron chi connectivity index (χ3n) is 3.27. The highest BCUT2D eigenvalue weighted by molar-refractivity contribution is 4.77. The van der Waals surface area contributed by atoms with Crippen molar-refractivity contribution in [2.75, 3.05) is 6.54 Å².